The molecule has 2 heterocycles. The number of carbonyl (C=O) groups is 3. The standard InChI is InChI=1S/C15H17N3O4/c1-2-6-17-7-8-18(12(15(17)22)9-13(19)20)14(21)11-4-3-5-16-10-11/h2-5,10,12H,1,6-9H2,(H,19,20). The van der Waals surface area contributed by atoms with E-state index in [2.05, 4.69) is 11.6 Å². The molecular weight excluding hydrogens is 286 g/mol. The number of aliphatic carboxylic acids is 1. The number of pyridine rings is 1. The zero-order chi connectivity index (χ0) is 16.1. The first kappa shape index (κ1) is 15.7. The molecule has 0 spiro atoms. The lowest BCUT2D eigenvalue weighted by Gasteiger charge is -2.39. The van der Waals surface area contributed by atoms with Crippen molar-refractivity contribution in [3.8, 4) is 0 Å². The first-order valence-corrected chi connectivity index (χ1v) is 6.87. The number of hydrogen-bond donors (Lipinski definition) is 1. The molecule has 22 heavy (non-hydrogen) atoms. The number of amides is 2. The first-order valence-electron chi connectivity index (χ1n) is 6.87. The second kappa shape index (κ2) is 6.84. The molecule has 0 bridgehead atoms. The highest BCUT2D eigenvalue weighted by Crippen LogP contribution is 2.18. The van der Waals surface area contributed by atoms with Crippen LogP contribution in [0.15, 0.2) is 37.2 Å². The molecule has 1 aliphatic heterocycles. The zero-order valence-corrected chi connectivity index (χ0v) is 12.0. The van der Waals surface area contributed by atoms with Crippen LogP contribution in [-0.4, -0.2) is 63.4 Å². The van der Waals surface area contributed by atoms with Gasteiger partial charge in [0.05, 0.1) is 12.0 Å². The molecule has 116 valence electrons. The predicted molar refractivity (Wildman–Crippen MR) is 78.1 cm³/mol. The summed E-state index contributed by atoms with van der Waals surface area (Å²) in [5, 5.41) is 9.03. The Bertz CT molecular complexity index is 588. The van der Waals surface area contributed by atoms with Crippen molar-refractivity contribution < 1.29 is 19.5 Å². The second-order valence-electron chi connectivity index (χ2n) is 4.93. The van der Waals surface area contributed by atoms with E-state index in [0.717, 1.165) is 0 Å². The maximum absolute atomic E-state index is 12.5. The molecule has 1 aromatic rings. The number of rotatable bonds is 5. The molecule has 1 N–H and O–H groups in total. The van der Waals surface area contributed by atoms with E-state index in [1.165, 1.54) is 16.0 Å². The number of hydrogen-bond acceptors (Lipinski definition) is 4. The lowest BCUT2D eigenvalue weighted by molar-refractivity contribution is -0.147. The minimum atomic E-state index is -1.12. The van der Waals surface area contributed by atoms with Crippen molar-refractivity contribution in [3.63, 3.8) is 0 Å². The molecule has 0 saturated carbocycles. The van der Waals surface area contributed by atoms with Crippen LogP contribution >= 0.6 is 0 Å². The van der Waals surface area contributed by atoms with Gasteiger partial charge in [-0.25, -0.2) is 0 Å². The minimum Gasteiger partial charge on any atom is -0.481 e. The van der Waals surface area contributed by atoms with Gasteiger partial charge in [0.15, 0.2) is 0 Å². The van der Waals surface area contributed by atoms with Crippen LogP contribution in [0.5, 0.6) is 0 Å². The van der Waals surface area contributed by atoms with Crippen molar-refractivity contribution in [3.05, 3.63) is 42.7 Å². The Labute approximate surface area is 127 Å². The summed E-state index contributed by atoms with van der Waals surface area (Å²) in [5.41, 5.74) is 0.336. The molecule has 1 unspecified atom stereocenters. The van der Waals surface area contributed by atoms with Crippen molar-refractivity contribution in [1.29, 1.82) is 0 Å². The number of nitrogens with zero attached hydrogens (tertiary/aromatic N) is 3. The number of carbonyl (C=O) groups excluding carboxylic acids is 2. The fourth-order valence-corrected chi connectivity index (χ4v) is 2.44. The summed E-state index contributed by atoms with van der Waals surface area (Å²) in [4.78, 5) is 42.6. The maximum Gasteiger partial charge on any atom is 0.305 e. The van der Waals surface area contributed by atoms with Gasteiger partial charge in [0.25, 0.3) is 5.91 Å². The highest BCUT2D eigenvalue weighted by molar-refractivity contribution is 5.99. The van der Waals surface area contributed by atoms with Crippen LogP contribution in [-0.2, 0) is 9.59 Å². The Morgan fingerprint density at radius 3 is 2.82 bits per heavy atom. The van der Waals surface area contributed by atoms with Crippen molar-refractivity contribution in [1.82, 2.24) is 14.8 Å². The summed E-state index contributed by atoms with van der Waals surface area (Å²) in [6, 6.07) is 2.21. The second-order valence-corrected chi connectivity index (χ2v) is 4.93. The summed E-state index contributed by atoms with van der Waals surface area (Å²) in [7, 11) is 0. The Morgan fingerprint density at radius 1 is 1.45 bits per heavy atom. The van der Waals surface area contributed by atoms with Gasteiger partial charge in [-0.1, -0.05) is 6.08 Å². The lowest BCUT2D eigenvalue weighted by Crippen LogP contribution is -2.59. The molecular formula is C15H17N3O4. The smallest absolute Gasteiger partial charge is 0.305 e. The Kier molecular flexibility index (Phi) is 4.88. The van der Waals surface area contributed by atoms with Gasteiger partial charge in [-0.2, -0.15) is 0 Å². The molecule has 0 aromatic carbocycles. The van der Waals surface area contributed by atoms with Gasteiger partial charge in [0.1, 0.15) is 6.04 Å². The van der Waals surface area contributed by atoms with Gasteiger partial charge in [-0.3, -0.25) is 19.4 Å². The summed E-state index contributed by atoms with van der Waals surface area (Å²) >= 11 is 0. The summed E-state index contributed by atoms with van der Waals surface area (Å²) in [5.74, 6) is -1.88. The summed E-state index contributed by atoms with van der Waals surface area (Å²) in [6.45, 7) is 4.55. The largest absolute Gasteiger partial charge is 0.481 e. The SMILES string of the molecule is C=CCN1CCN(C(=O)c2cccnc2)C(CC(=O)O)C1=O. The number of aromatic nitrogens is 1. The Balaban J connectivity index is 2.25. The van der Waals surface area contributed by atoms with E-state index >= 15 is 0 Å². The first-order chi connectivity index (χ1) is 10.5. The molecule has 2 amide bonds. The number of carboxylic acids is 1. The predicted octanol–water partition coefficient (Wildman–Crippen LogP) is 0.395. The molecule has 7 heteroatoms. The van der Waals surface area contributed by atoms with Gasteiger partial charge in [0.2, 0.25) is 5.91 Å². The topological polar surface area (TPSA) is 90.8 Å². The van der Waals surface area contributed by atoms with E-state index in [9.17, 15) is 14.4 Å². The van der Waals surface area contributed by atoms with Crippen molar-refractivity contribution in [2.75, 3.05) is 19.6 Å². The van der Waals surface area contributed by atoms with Crippen LogP contribution in [0.1, 0.15) is 16.8 Å². The summed E-state index contributed by atoms with van der Waals surface area (Å²) in [6.07, 6.45) is 4.10. The fraction of sp³-hybridized carbons (Fsp3) is 0.333. The van der Waals surface area contributed by atoms with E-state index in [1.54, 1.807) is 24.4 Å². The molecule has 7 nitrogen and oxygen atoms in total. The minimum absolute atomic E-state index is 0.283. The zero-order valence-electron chi connectivity index (χ0n) is 12.0. The van der Waals surface area contributed by atoms with Crippen LogP contribution in [0.25, 0.3) is 0 Å². The van der Waals surface area contributed by atoms with Crippen LogP contribution in [0.2, 0.25) is 0 Å². The molecule has 1 atom stereocenters. The van der Waals surface area contributed by atoms with Gasteiger partial charge in [-0.15, -0.1) is 6.58 Å². The van der Waals surface area contributed by atoms with E-state index in [4.69, 9.17) is 5.11 Å². The van der Waals surface area contributed by atoms with E-state index in [1.807, 2.05) is 0 Å². The third-order valence-electron chi connectivity index (χ3n) is 3.47. The van der Waals surface area contributed by atoms with Crippen molar-refractivity contribution >= 4 is 17.8 Å². The molecule has 1 aromatic heterocycles. The maximum atomic E-state index is 12.5. The van der Waals surface area contributed by atoms with Gasteiger partial charge < -0.3 is 14.9 Å². The average Bonchev–Trinajstić information content (AvgIpc) is 2.51. The van der Waals surface area contributed by atoms with Crippen LogP contribution in [0.3, 0.4) is 0 Å². The summed E-state index contributed by atoms with van der Waals surface area (Å²) < 4.78 is 0. The lowest BCUT2D eigenvalue weighted by atomic mass is 10.1. The normalized spacial score (nSPS) is 18.2. The molecule has 1 saturated heterocycles. The fourth-order valence-electron chi connectivity index (χ4n) is 2.44. The molecule has 1 aliphatic rings. The van der Waals surface area contributed by atoms with Gasteiger partial charge >= 0.3 is 5.97 Å². The van der Waals surface area contributed by atoms with E-state index < -0.39 is 18.4 Å². The highest BCUT2D eigenvalue weighted by atomic mass is 16.4. The Morgan fingerprint density at radius 2 is 2.23 bits per heavy atom. The Hall–Kier alpha value is -2.70. The molecule has 0 radical (unpaired) electrons. The third kappa shape index (κ3) is 3.30. The quantitative estimate of drug-likeness (QED) is 0.795. The van der Waals surface area contributed by atoms with E-state index in [0.29, 0.717) is 18.7 Å². The molecule has 0 aliphatic carbocycles. The van der Waals surface area contributed by atoms with Crippen LogP contribution in [0.4, 0.5) is 0 Å². The average molecular weight is 303 g/mol. The van der Waals surface area contributed by atoms with E-state index in [-0.39, 0.29) is 18.4 Å². The number of carboxylic acid groups (broad SMARTS) is 1. The monoisotopic (exact) mass is 303 g/mol. The highest BCUT2D eigenvalue weighted by Gasteiger charge is 2.38. The van der Waals surface area contributed by atoms with Crippen LogP contribution < -0.4 is 0 Å². The van der Waals surface area contributed by atoms with Crippen molar-refractivity contribution in [2.45, 2.75) is 12.5 Å². The molecule has 1 fully saturated rings. The van der Waals surface area contributed by atoms with Crippen LogP contribution in [0, 0.1) is 0 Å². The van der Waals surface area contributed by atoms with Crippen molar-refractivity contribution in [2.24, 2.45) is 0 Å². The van der Waals surface area contributed by atoms with Gasteiger partial charge in [0, 0.05) is 32.0 Å². The third-order valence-corrected chi connectivity index (χ3v) is 3.47. The number of piperazine rings is 1. The molecule has 2 rings (SSSR count). The van der Waals surface area contributed by atoms with Gasteiger partial charge in [-0.05, 0) is 12.1 Å².